The maximum atomic E-state index is 11.7. The van der Waals surface area contributed by atoms with E-state index < -0.39 is 0 Å². The Morgan fingerprint density at radius 3 is 2.60 bits per heavy atom. The highest BCUT2D eigenvalue weighted by atomic mass is 16.5. The molecule has 0 unspecified atom stereocenters. The molecular weight excluding hydrogens is 258 g/mol. The van der Waals surface area contributed by atoms with Crippen molar-refractivity contribution in [3.63, 3.8) is 0 Å². The van der Waals surface area contributed by atoms with Crippen LogP contribution in [0, 0.1) is 0 Å². The summed E-state index contributed by atoms with van der Waals surface area (Å²) in [5, 5.41) is 0. The minimum atomic E-state index is -0.191. The summed E-state index contributed by atoms with van der Waals surface area (Å²) in [5.74, 6) is 0.595. The van der Waals surface area contributed by atoms with Crippen molar-refractivity contribution in [3.8, 4) is 5.75 Å². The number of esters is 1. The lowest BCUT2D eigenvalue weighted by Crippen LogP contribution is -2.38. The first-order valence-electron chi connectivity index (χ1n) is 6.86. The molecule has 0 aromatic heterocycles. The normalized spacial score (nSPS) is 15.8. The van der Waals surface area contributed by atoms with Crippen LogP contribution in [0.2, 0.25) is 0 Å². The van der Waals surface area contributed by atoms with Crippen LogP contribution in [0.3, 0.4) is 0 Å². The summed E-state index contributed by atoms with van der Waals surface area (Å²) >= 11 is 0. The third-order valence-electron chi connectivity index (χ3n) is 3.28. The molecule has 1 aromatic carbocycles. The Hall–Kier alpha value is -1.59. The predicted molar refractivity (Wildman–Crippen MR) is 74.9 cm³/mol. The minimum Gasteiger partial charge on any atom is -0.497 e. The fraction of sp³-hybridized carbons (Fsp3) is 0.533. The van der Waals surface area contributed by atoms with Crippen molar-refractivity contribution in [2.24, 2.45) is 0 Å². The quantitative estimate of drug-likeness (QED) is 0.730. The number of nitrogens with zero attached hydrogens (tertiary/aromatic N) is 1. The minimum absolute atomic E-state index is 0.191. The molecule has 1 saturated heterocycles. The molecule has 5 nitrogen and oxygen atoms in total. The molecule has 5 heteroatoms. The summed E-state index contributed by atoms with van der Waals surface area (Å²) in [6.07, 6.45) is 0.299. The molecule has 0 aliphatic carbocycles. The highest BCUT2D eigenvalue weighted by molar-refractivity contribution is 5.72. The smallest absolute Gasteiger partial charge is 0.310 e. The van der Waals surface area contributed by atoms with Crippen LogP contribution in [0.5, 0.6) is 5.75 Å². The van der Waals surface area contributed by atoms with Crippen LogP contribution in [0.1, 0.15) is 5.56 Å². The first-order chi connectivity index (χ1) is 9.78. The van der Waals surface area contributed by atoms with Crippen LogP contribution in [0.4, 0.5) is 0 Å². The zero-order valence-corrected chi connectivity index (χ0v) is 11.8. The van der Waals surface area contributed by atoms with Crippen molar-refractivity contribution in [1.29, 1.82) is 0 Å². The SMILES string of the molecule is COc1ccc(CC(=O)OCCN2CCOCC2)cc1. The van der Waals surface area contributed by atoms with Crippen LogP contribution in [0.15, 0.2) is 24.3 Å². The van der Waals surface area contributed by atoms with Gasteiger partial charge < -0.3 is 14.2 Å². The molecule has 20 heavy (non-hydrogen) atoms. The Bertz CT molecular complexity index is 412. The number of ether oxygens (including phenoxy) is 3. The van der Waals surface area contributed by atoms with Gasteiger partial charge in [0, 0.05) is 19.6 Å². The number of hydrogen-bond donors (Lipinski definition) is 0. The summed E-state index contributed by atoms with van der Waals surface area (Å²) < 4.78 is 15.6. The maximum Gasteiger partial charge on any atom is 0.310 e. The van der Waals surface area contributed by atoms with Gasteiger partial charge in [-0.15, -0.1) is 0 Å². The van der Waals surface area contributed by atoms with Crippen LogP contribution in [0.25, 0.3) is 0 Å². The second-order valence-corrected chi connectivity index (χ2v) is 4.70. The van der Waals surface area contributed by atoms with E-state index in [9.17, 15) is 4.79 Å². The second-order valence-electron chi connectivity index (χ2n) is 4.70. The lowest BCUT2D eigenvalue weighted by molar-refractivity contribution is -0.143. The van der Waals surface area contributed by atoms with Gasteiger partial charge in [-0.05, 0) is 17.7 Å². The molecule has 0 bridgehead atoms. The standard InChI is InChI=1S/C15H21NO4/c1-18-14-4-2-13(3-5-14)12-15(17)20-11-8-16-6-9-19-10-7-16/h2-5H,6-12H2,1H3. The topological polar surface area (TPSA) is 48.0 Å². The molecule has 0 radical (unpaired) electrons. The Balaban J connectivity index is 1.66. The molecule has 0 saturated carbocycles. The van der Waals surface area contributed by atoms with E-state index in [-0.39, 0.29) is 5.97 Å². The zero-order chi connectivity index (χ0) is 14.2. The van der Waals surface area contributed by atoms with E-state index in [2.05, 4.69) is 4.90 Å². The van der Waals surface area contributed by atoms with Gasteiger partial charge in [-0.1, -0.05) is 12.1 Å². The summed E-state index contributed by atoms with van der Waals surface area (Å²) in [4.78, 5) is 14.0. The van der Waals surface area contributed by atoms with Crippen molar-refractivity contribution < 1.29 is 19.0 Å². The van der Waals surface area contributed by atoms with E-state index in [1.807, 2.05) is 24.3 Å². The Kier molecular flexibility index (Phi) is 5.83. The zero-order valence-electron chi connectivity index (χ0n) is 11.8. The third-order valence-corrected chi connectivity index (χ3v) is 3.28. The van der Waals surface area contributed by atoms with Crippen LogP contribution >= 0.6 is 0 Å². The van der Waals surface area contributed by atoms with E-state index in [1.165, 1.54) is 0 Å². The summed E-state index contributed by atoms with van der Waals surface area (Å²) in [6.45, 7) is 4.57. The molecule has 0 N–H and O–H groups in total. The molecule has 110 valence electrons. The highest BCUT2D eigenvalue weighted by Gasteiger charge is 2.11. The summed E-state index contributed by atoms with van der Waals surface area (Å²) in [5.41, 5.74) is 0.933. The van der Waals surface area contributed by atoms with E-state index in [0.29, 0.717) is 13.0 Å². The molecule has 0 spiro atoms. The average Bonchev–Trinajstić information content (AvgIpc) is 2.49. The molecule has 1 aromatic rings. The number of carbonyl (C=O) groups is 1. The first-order valence-corrected chi connectivity index (χ1v) is 6.86. The fourth-order valence-electron chi connectivity index (χ4n) is 2.07. The average molecular weight is 279 g/mol. The number of hydrogen-bond acceptors (Lipinski definition) is 5. The van der Waals surface area contributed by atoms with Crippen molar-refractivity contribution in [2.75, 3.05) is 46.6 Å². The number of morpholine rings is 1. The van der Waals surface area contributed by atoms with Gasteiger partial charge in [-0.2, -0.15) is 0 Å². The Morgan fingerprint density at radius 1 is 1.25 bits per heavy atom. The number of benzene rings is 1. The van der Waals surface area contributed by atoms with Gasteiger partial charge in [0.1, 0.15) is 12.4 Å². The molecule has 1 fully saturated rings. The molecule has 1 heterocycles. The van der Waals surface area contributed by atoms with Crippen molar-refractivity contribution in [3.05, 3.63) is 29.8 Å². The highest BCUT2D eigenvalue weighted by Crippen LogP contribution is 2.11. The lowest BCUT2D eigenvalue weighted by Gasteiger charge is -2.26. The number of methoxy groups -OCH3 is 1. The first kappa shape index (κ1) is 14.8. The Labute approximate surface area is 119 Å². The van der Waals surface area contributed by atoms with Crippen molar-refractivity contribution in [1.82, 2.24) is 4.90 Å². The summed E-state index contributed by atoms with van der Waals surface area (Å²) in [7, 11) is 1.62. The van der Waals surface area contributed by atoms with E-state index in [0.717, 1.165) is 44.2 Å². The number of carbonyl (C=O) groups excluding carboxylic acids is 1. The van der Waals surface area contributed by atoms with Crippen molar-refractivity contribution in [2.45, 2.75) is 6.42 Å². The molecule has 0 atom stereocenters. The van der Waals surface area contributed by atoms with Gasteiger partial charge in [0.25, 0.3) is 0 Å². The van der Waals surface area contributed by atoms with Gasteiger partial charge in [-0.3, -0.25) is 9.69 Å². The van der Waals surface area contributed by atoms with E-state index in [1.54, 1.807) is 7.11 Å². The largest absolute Gasteiger partial charge is 0.497 e. The molecule has 1 aliphatic rings. The van der Waals surface area contributed by atoms with E-state index in [4.69, 9.17) is 14.2 Å². The third kappa shape index (κ3) is 4.83. The monoisotopic (exact) mass is 279 g/mol. The lowest BCUT2D eigenvalue weighted by atomic mass is 10.1. The second kappa shape index (κ2) is 7.87. The maximum absolute atomic E-state index is 11.7. The molecular formula is C15H21NO4. The fourth-order valence-corrected chi connectivity index (χ4v) is 2.07. The molecule has 1 aliphatic heterocycles. The summed E-state index contributed by atoms with van der Waals surface area (Å²) in [6, 6.07) is 7.44. The molecule has 0 amide bonds. The number of rotatable bonds is 6. The van der Waals surface area contributed by atoms with Crippen LogP contribution in [-0.2, 0) is 20.7 Å². The van der Waals surface area contributed by atoms with Crippen molar-refractivity contribution >= 4 is 5.97 Å². The molecule has 2 rings (SSSR count). The van der Waals surface area contributed by atoms with E-state index >= 15 is 0 Å². The Morgan fingerprint density at radius 2 is 1.95 bits per heavy atom. The predicted octanol–water partition coefficient (Wildman–Crippen LogP) is 1.11. The van der Waals surface area contributed by atoms with Gasteiger partial charge in [-0.25, -0.2) is 0 Å². The van der Waals surface area contributed by atoms with Crippen LogP contribution < -0.4 is 4.74 Å². The van der Waals surface area contributed by atoms with Gasteiger partial charge in [0.15, 0.2) is 0 Å². The van der Waals surface area contributed by atoms with Crippen LogP contribution in [-0.4, -0.2) is 57.4 Å². The van der Waals surface area contributed by atoms with Gasteiger partial charge in [0.2, 0.25) is 0 Å². The van der Waals surface area contributed by atoms with Gasteiger partial charge >= 0.3 is 5.97 Å². The van der Waals surface area contributed by atoms with Gasteiger partial charge in [0.05, 0.1) is 26.7 Å².